The van der Waals surface area contributed by atoms with E-state index in [1.165, 1.54) is 19.3 Å². The summed E-state index contributed by atoms with van der Waals surface area (Å²) in [6.07, 6.45) is 17.4. The second kappa shape index (κ2) is 13.5. The molecular weight excluding hydrogens is 402 g/mol. The molecule has 0 aromatic carbocycles. The lowest BCUT2D eigenvalue weighted by atomic mass is 9.47. The molecule has 4 unspecified atom stereocenters. The fourth-order valence-electron chi connectivity index (χ4n) is 7.12. The lowest BCUT2D eigenvalue weighted by Gasteiger charge is -2.58. The molecule has 2 heteroatoms. The van der Waals surface area contributed by atoms with Crippen LogP contribution >= 0.6 is 0 Å². The van der Waals surface area contributed by atoms with Crippen LogP contribution in [0.4, 0.5) is 0 Å². The summed E-state index contributed by atoms with van der Waals surface area (Å²) in [5.74, 6) is 0.697. The molecular formula is C31H61NO. The van der Waals surface area contributed by atoms with Crippen LogP contribution in [0, 0.1) is 27.6 Å². The van der Waals surface area contributed by atoms with Gasteiger partial charge in [-0.2, -0.15) is 0 Å². The van der Waals surface area contributed by atoms with Crippen LogP contribution < -0.4 is 5.73 Å². The van der Waals surface area contributed by atoms with E-state index in [1.807, 2.05) is 6.92 Å². The maximum absolute atomic E-state index is 11.2. The maximum atomic E-state index is 11.2. The smallest absolute Gasteiger partial charge is 0.0622 e. The molecule has 0 heterocycles. The summed E-state index contributed by atoms with van der Waals surface area (Å²) in [5, 5.41) is 11.2. The number of aliphatic hydroxyl groups is 1. The average molecular weight is 464 g/mol. The van der Waals surface area contributed by atoms with Gasteiger partial charge in [-0.3, -0.25) is 0 Å². The molecule has 0 saturated heterocycles. The van der Waals surface area contributed by atoms with E-state index in [0.717, 1.165) is 44.9 Å². The van der Waals surface area contributed by atoms with Crippen molar-refractivity contribution in [3.63, 3.8) is 0 Å². The monoisotopic (exact) mass is 463 g/mol. The van der Waals surface area contributed by atoms with Crippen molar-refractivity contribution in [2.24, 2.45) is 33.3 Å². The minimum Gasteiger partial charge on any atom is -0.390 e. The minimum absolute atomic E-state index is 0.00948. The van der Waals surface area contributed by atoms with Crippen molar-refractivity contribution in [2.75, 3.05) is 6.54 Å². The van der Waals surface area contributed by atoms with Crippen molar-refractivity contribution in [1.29, 1.82) is 0 Å². The molecule has 0 radical (unpaired) electrons. The predicted molar refractivity (Wildman–Crippen MR) is 149 cm³/mol. The summed E-state index contributed by atoms with van der Waals surface area (Å²) in [4.78, 5) is 0. The van der Waals surface area contributed by atoms with Gasteiger partial charge in [0.15, 0.2) is 0 Å². The highest BCUT2D eigenvalue weighted by Crippen LogP contribution is 2.62. The Morgan fingerprint density at radius 2 is 1.33 bits per heavy atom. The summed E-state index contributed by atoms with van der Waals surface area (Å²) >= 11 is 0. The van der Waals surface area contributed by atoms with E-state index in [9.17, 15) is 5.11 Å². The Kier molecular flexibility index (Phi) is 13.2. The molecule has 0 amide bonds. The third-order valence-corrected chi connectivity index (χ3v) is 10.3. The van der Waals surface area contributed by atoms with Gasteiger partial charge in [0.05, 0.1) is 5.60 Å². The van der Waals surface area contributed by atoms with Gasteiger partial charge in [0.25, 0.3) is 0 Å². The summed E-state index contributed by atoms with van der Waals surface area (Å²) in [6.45, 7) is 27.8. The first-order valence-electron chi connectivity index (χ1n) is 14.1. The Morgan fingerprint density at radius 3 is 1.64 bits per heavy atom. The van der Waals surface area contributed by atoms with Crippen molar-refractivity contribution >= 4 is 0 Å². The SMILES string of the molecule is C=CC(C)(CC(C=CC)(CC)C(CC)(CN)CC(CC)CC)C(CC)(CC)CC(C)(O)CC. The normalized spacial score (nSPS) is 20.3. The lowest BCUT2D eigenvalue weighted by Crippen LogP contribution is -2.52. The van der Waals surface area contributed by atoms with E-state index in [4.69, 9.17) is 5.73 Å². The maximum Gasteiger partial charge on any atom is 0.0622 e. The molecule has 0 aliphatic carbocycles. The topological polar surface area (TPSA) is 46.2 Å². The number of hydrogen-bond acceptors (Lipinski definition) is 2. The van der Waals surface area contributed by atoms with Crippen LogP contribution in [0.25, 0.3) is 0 Å². The zero-order valence-corrected chi connectivity index (χ0v) is 24.3. The molecule has 2 nitrogen and oxygen atoms in total. The summed E-state index contributed by atoms with van der Waals surface area (Å²) in [5.41, 5.74) is 5.97. The van der Waals surface area contributed by atoms with E-state index in [0.29, 0.717) is 12.5 Å². The van der Waals surface area contributed by atoms with Crippen molar-refractivity contribution in [3.05, 3.63) is 24.8 Å². The second-order valence-electron chi connectivity index (χ2n) is 11.5. The third kappa shape index (κ3) is 6.75. The highest BCUT2D eigenvalue weighted by molar-refractivity contribution is 5.16. The fraction of sp³-hybridized carbons (Fsp3) is 0.871. The molecule has 0 aromatic heterocycles. The zero-order valence-electron chi connectivity index (χ0n) is 24.3. The Hall–Kier alpha value is -0.600. The Balaban J connectivity index is 6.93. The highest BCUT2D eigenvalue weighted by Gasteiger charge is 2.55. The first kappa shape index (κ1) is 32.4. The highest BCUT2D eigenvalue weighted by atomic mass is 16.3. The molecule has 0 rings (SSSR count). The van der Waals surface area contributed by atoms with Crippen LogP contribution in [0.3, 0.4) is 0 Å². The van der Waals surface area contributed by atoms with E-state index in [1.54, 1.807) is 0 Å². The van der Waals surface area contributed by atoms with Crippen molar-refractivity contribution in [2.45, 2.75) is 139 Å². The van der Waals surface area contributed by atoms with Gasteiger partial charge in [-0.1, -0.05) is 86.5 Å². The van der Waals surface area contributed by atoms with Gasteiger partial charge < -0.3 is 10.8 Å². The molecule has 0 aliphatic rings. The summed E-state index contributed by atoms with van der Waals surface area (Å²) in [6, 6.07) is 0. The van der Waals surface area contributed by atoms with Crippen LogP contribution in [-0.2, 0) is 0 Å². The van der Waals surface area contributed by atoms with Gasteiger partial charge in [-0.05, 0) is 99.3 Å². The average Bonchev–Trinajstić information content (AvgIpc) is 2.83. The van der Waals surface area contributed by atoms with Gasteiger partial charge in [0.2, 0.25) is 0 Å². The molecule has 0 saturated carbocycles. The van der Waals surface area contributed by atoms with E-state index in [2.05, 4.69) is 87.1 Å². The lowest BCUT2D eigenvalue weighted by molar-refractivity contribution is -0.0742. The van der Waals surface area contributed by atoms with Crippen LogP contribution in [-0.4, -0.2) is 17.3 Å². The molecule has 3 N–H and O–H groups in total. The summed E-state index contributed by atoms with van der Waals surface area (Å²) < 4.78 is 0. The molecule has 0 bridgehead atoms. The van der Waals surface area contributed by atoms with Crippen LogP contribution in [0.15, 0.2) is 24.8 Å². The van der Waals surface area contributed by atoms with E-state index in [-0.39, 0.29) is 21.7 Å². The van der Waals surface area contributed by atoms with Crippen LogP contribution in [0.1, 0.15) is 133 Å². The number of hydrogen-bond donors (Lipinski definition) is 2. The van der Waals surface area contributed by atoms with Crippen LogP contribution in [0.2, 0.25) is 0 Å². The first-order chi connectivity index (χ1) is 15.4. The van der Waals surface area contributed by atoms with E-state index < -0.39 is 5.60 Å². The molecule has 4 atom stereocenters. The van der Waals surface area contributed by atoms with Gasteiger partial charge in [0, 0.05) is 0 Å². The van der Waals surface area contributed by atoms with Gasteiger partial charge in [-0.15, -0.1) is 6.58 Å². The summed E-state index contributed by atoms with van der Waals surface area (Å²) in [7, 11) is 0. The fourth-order valence-corrected chi connectivity index (χ4v) is 7.12. The zero-order chi connectivity index (χ0) is 26.0. The van der Waals surface area contributed by atoms with Crippen molar-refractivity contribution in [1.82, 2.24) is 0 Å². The second-order valence-corrected chi connectivity index (χ2v) is 11.5. The molecule has 0 spiro atoms. The van der Waals surface area contributed by atoms with E-state index >= 15 is 0 Å². The van der Waals surface area contributed by atoms with Gasteiger partial charge in [-0.25, -0.2) is 0 Å². The quantitative estimate of drug-likeness (QED) is 0.199. The molecule has 196 valence electrons. The molecule has 0 aliphatic heterocycles. The van der Waals surface area contributed by atoms with Gasteiger partial charge in [0.1, 0.15) is 0 Å². The molecule has 0 fully saturated rings. The standard InChI is InChI=1S/C31H61NO/c1-12-21-30(19-8,31(20-9,25-32)22-26(13-2)14-3)23-27(10,15-4)29(17-6,18-7)24-28(11,33)16-5/h12,15,21,26,33H,4,13-14,16-20,22-25,32H2,1-3,5-11H3. The Bertz CT molecular complexity index is 580. The predicted octanol–water partition coefficient (Wildman–Crippen LogP) is 9.08. The molecule has 0 aromatic rings. The van der Waals surface area contributed by atoms with Crippen molar-refractivity contribution in [3.8, 4) is 0 Å². The first-order valence-corrected chi connectivity index (χ1v) is 14.1. The Labute approximate surface area is 208 Å². The minimum atomic E-state index is -0.670. The number of allylic oxidation sites excluding steroid dienone is 3. The largest absolute Gasteiger partial charge is 0.390 e. The van der Waals surface area contributed by atoms with Gasteiger partial charge >= 0.3 is 0 Å². The van der Waals surface area contributed by atoms with Crippen molar-refractivity contribution < 1.29 is 5.11 Å². The molecule has 33 heavy (non-hydrogen) atoms. The number of nitrogens with two attached hydrogens (primary N) is 1. The Morgan fingerprint density at radius 1 is 0.818 bits per heavy atom. The third-order valence-electron chi connectivity index (χ3n) is 10.3. The number of rotatable bonds is 18. The van der Waals surface area contributed by atoms with Crippen LogP contribution in [0.5, 0.6) is 0 Å².